The summed E-state index contributed by atoms with van der Waals surface area (Å²) in [5.41, 5.74) is 1.96. The van der Waals surface area contributed by atoms with E-state index < -0.39 is 6.10 Å². The minimum absolute atomic E-state index is 0.218. The van der Waals surface area contributed by atoms with Gasteiger partial charge in [-0.15, -0.1) is 0 Å². The normalized spacial score (nSPS) is 21.1. The standard InChI is InChI=1S/C23H29F2NO2/c24-19-5-1-3-17(13-19)7-9-21-11-12-22(26(21)15-23(28)16-27)10-8-18-4-2-6-20(25)14-18/h1-6,13-14,21-23,27-28H,7-12,15-16H2/t21?,22?,23-/m1/s1. The number of nitrogens with zero attached hydrogens (tertiary/aromatic N) is 1. The molecule has 2 aromatic rings. The maximum Gasteiger partial charge on any atom is 0.123 e. The molecule has 0 amide bonds. The highest BCUT2D eigenvalue weighted by molar-refractivity contribution is 5.17. The fourth-order valence-electron chi connectivity index (χ4n) is 4.29. The second-order valence-corrected chi connectivity index (χ2v) is 7.76. The van der Waals surface area contributed by atoms with Crippen molar-refractivity contribution in [3.8, 4) is 0 Å². The molecule has 1 aliphatic heterocycles. The Labute approximate surface area is 165 Å². The highest BCUT2D eigenvalue weighted by Gasteiger charge is 2.33. The molecule has 2 N–H and O–H groups in total. The number of likely N-dealkylation sites (tertiary alicyclic amines) is 1. The van der Waals surface area contributed by atoms with Crippen molar-refractivity contribution in [3.63, 3.8) is 0 Å². The smallest absolute Gasteiger partial charge is 0.123 e. The molecule has 1 fully saturated rings. The molecule has 28 heavy (non-hydrogen) atoms. The van der Waals surface area contributed by atoms with Crippen LogP contribution in [0.25, 0.3) is 0 Å². The van der Waals surface area contributed by atoms with Crippen molar-refractivity contribution in [3.05, 3.63) is 71.3 Å². The van der Waals surface area contributed by atoms with E-state index >= 15 is 0 Å². The van der Waals surface area contributed by atoms with Gasteiger partial charge in [0.15, 0.2) is 0 Å². The summed E-state index contributed by atoms with van der Waals surface area (Å²) < 4.78 is 26.8. The van der Waals surface area contributed by atoms with Crippen molar-refractivity contribution in [2.24, 2.45) is 0 Å². The Morgan fingerprint density at radius 2 is 1.39 bits per heavy atom. The molecule has 0 aliphatic carbocycles. The van der Waals surface area contributed by atoms with E-state index in [0.29, 0.717) is 18.6 Å². The molecule has 0 aromatic heterocycles. The third-order valence-electron chi connectivity index (χ3n) is 5.71. The van der Waals surface area contributed by atoms with Gasteiger partial charge < -0.3 is 10.2 Å². The minimum Gasteiger partial charge on any atom is -0.394 e. The average Bonchev–Trinajstić information content (AvgIpc) is 3.06. The number of aryl methyl sites for hydroxylation is 2. The molecule has 1 heterocycles. The van der Waals surface area contributed by atoms with Crippen molar-refractivity contribution >= 4 is 0 Å². The van der Waals surface area contributed by atoms with Gasteiger partial charge in [0.1, 0.15) is 11.6 Å². The summed E-state index contributed by atoms with van der Waals surface area (Å²) in [4.78, 5) is 2.29. The molecule has 5 heteroatoms. The highest BCUT2D eigenvalue weighted by Crippen LogP contribution is 2.30. The van der Waals surface area contributed by atoms with E-state index in [-0.39, 0.29) is 18.2 Å². The van der Waals surface area contributed by atoms with E-state index in [1.54, 1.807) is 24.3 Å². The maximum absolute atomic E-state index is 13.4. The zero-order valence-corrected chi connectivity index (χ0v) is 16.1. The summed E-state index contributed by atoms with van der Waals surface area (Å²) in [5.74, 6) is -0.436. The van der Waals surface area contributed by atoms with Crippen molar-refractivity contribution in [2.75, 3.05) is 13.2 Å². The van der Waals surface area contributed by atoms with Crippen molar-refractivity contribution in [1.82, 2.24) is 4.90 Å². The van der Waals surface area contributed by atoms with Crippen molar-refractivity contribution in [1.29, 1.82) is 0 Å². The first-order valence-corrected chi connectivity index (χ1v) is 10.1. The number of aliphatic hydroxyl groups excluding tert-OH is 2. The van der Waals surface area contributed by atoms with Crippen LogP contribution in [0.5, 0.6) is 0 Å². The fourth-order valence-corrected chi connectivity index (χ4v) is 4.29. The molecule has 3 nitrogen and oxygen atoms in total. The van der Waals surface area contributed by atoms with Gasteiger partial charge in [0, 0.05) is 18.6 Å². The van der Waals surface area contributed by atoms with Crippen LogP contribution in [0.2, 0.25) is 0 Å². The van der Waals surface area contributed by atoms with Gasteiger partial charge in [-0.05, 0) is 73.9 Å². The zero-order valence-electron chi connectivity index (χ0n) is 16.1. The number of hydrogen-bond acceptors (Lipinski definition) is 3. The first-order valence-electron chi connectivity index (χ1n) is 10.1. The van der Waals surface area contributed by atoms with Gasteiger partial charge >= 0.3 is 0 Å². The van der Waals surface area contributed by atoms with Crippen LogP contribution in [0, 0.1) is 11.6 Å². The quantitative estimate of drug-likeness (QED) is 0.687. The minimum atomic E-state index is -0.772. The topological polar surface area (TPSA) is 43.7 Å². The van der Waals surface area contributed by atoms with Crippen LogP contribution in [0.1, 0.15) is 36.8 Å². The summed E-state index contributed by atoms with van der Waals surface area (Å²) in [6, 6.07) is 14.0. The van der Waals surface area contributed by atoms with Gasteiger partial charge in [0.05, 0.1) is 12.7 Å². The molecule has 1 saturated heterocycles. The maximum atomic E-state index is 13.4. The largest absolute Gasteiger partial charge is 0.394 e. The van der Waals surface area contributed by atoms with Gasteiger partial charge in [-0.3, -0.25) is 4.90 Å². The number of rotatable bonds is 9. The number of hydrogen-bond donors (Lipinski definition) is 2. The predicted molar refractivity (Wildman–Crippen MR) is 106 cm³/mol. The van der Waals surface area contributed by atoms with E-state index in [1.165, 1.54) is 12.1 Å². The number of halogens is 2. The van der Waals surface area contributed by atoms with E-state index in [2.05, 4.69) is 4.90 Å². The lowest BCUT2D eigenvalue weighted by Crippen LogP contribution is -2.42. The van der Waals surface area contributed by atoms with Crippen LogP contribution in [-0.2, 0) is 12.8 Å². The lowest BCUT2D eigenvalue weighted by atomic mass is 10.0. The van der Waals surface area contributed by atoms with Crippen LogP contribution >= 0.6 is 0 Å². The molecule has 2 aromatic carbocycles. The number of benzene rings is 2. The second kappa shape index (κ2) is 10.1. The molecule has 3 rings (SSSR count). The molecule has 152 valence electrons. The molecule has 0 saturated carbocycles. The highest BCUT2D eigenvalue weighted by atomic mass is 19.1. The zero-order chi connectivity index (χ0) is 19.9. The first kappa shape index (κ1) is 20.9. The predicted octanol–water partition coefficient (Wildman–Crippen LogP) is 3.72. The fraction of sp³-hybridized carbons (Fsp3) is 0.478. The Morgan fingerprint density at radius 1 is 0.893 bits per heavy atom. The Bertz CT molecular complexity index is 697. The van der Waals surface area contributed by atoms with E-state index in [9.17, 15) is 19.0 Å². The van der Waals surface area contributed by atoms with Crippen LogP contribution in [0.15, 0.2) is 48.5 Å². The average molecular weight is 389 g/mol. The van der Waals surface area contributed by atoms with Gasteiger partial charge in [0.2, 0.25) is 0 Å². The Balaban J connectivity index is 1.61. The third kappa shape index (κ3) is 5.84. The van der Waals surface area contributed by atoms with Gasteiger partial charge in [-0.1, -0.05) is 24.3 Å². The van der Waals surface area contributed by atoms with Gasteiger partial charge in [0.25, 0.3) is 0 Å². The monoisotopic (exact) mass is 389 g/mol. The Morgan fingerprint density at radius 3 is 1.82 bits per heavy atom. The summed E-state index contributed by atoms with van der Waals surface area (Å²) >= 11 is 0. The molecule has 0 spiro atoms. The van der Waals surface area contributed by atoms with Crippen LogP contribution in [-0.4, -0.2) is 46.5 Å². The Hall–Kier alpha value is -1.82. The second-order valence-electron chi connectivity index (χ2n) is 7.76. The summed E-state index contributed by atoms with van der Waals surface area (Å²) in [6.07, 6.45) is 4.60. The third-order valence-corrected chi connectivity index (χ3v) is 5.71. The lowest BCUT2D eigenvalue weighted by molar-refractivity contribution is 0.0393. The molecule has 1 aliphatic rings. The molecular formula is C23H29F2NO2. The van der Waals surface area contributed by atoms with E-state index in [1.807, 2.05) is 12.1 Å². The molecular weight excluding hydrogens is 360 g/mol. The summed E-state index contributed by atoms with van der Waals surface area (Å²) in [7, 11) is 0. The molecule has 0 bridgehead atoms. The first-order chi connectivity index (χ1) is 13.5. The number of β-amino-alcohol motifs (C(OH)–C–C–N with tert-alkyl or cyclic N) is 1. The van der Waals surface area contributed by atoms with Crippen molar-refractivity contribution < 1.29 is 19.0 Å². The SMILES string of the molecule is OC[C@H](O)CN1C(CCc2cccc(F)c2)CCC1CCc1cccc(F)c1. The molecule has 3 atom stereocenters. The number of aliphatic hydroxyl groups is 2. The lowest BCUT2D eigenvalue weighted by Gasteiger charge is -2.32. The molecule has 0 radical (unpaired) electrons. The van der Waals surface area contributed by atoms with Crippen LogP contribution in [0.3, 0.4) is 0 Å². The van der Waals surface area contributed by atoms with E-state index in [4.69, 9.17) is 0 Å². The van der Waals surface area contributed by atoms with E-state index in [0.717, 1.165) is 49.7 Å². The summed E-state index contributed by atoms with van der Waals surface area (Å²) in [5, 5.41) is 19.3. The summed E-state index contributed by atoms with van der Waals surface area (Å²) in [6.45, 7) is 0.169. The molecule has 2 unspecified atom stereocenters. The van der Waals surface area contributed by atoms with Crippen LogP contribution in [0.4, 0.5) is 8.78 Å². The van der Waals surface area contributed by atoms with Gasteiger partial charge in [-0.25, -0.2) is 8.78 Å². The van der Waals surface area contributed by atoms with Crippen LogP contribution < -0.4 is 0 Å². The Kier molecular flexibility index (Phi) is 7.54. The van der Waals surface area contributed by atoms with Crippen molar-refractivity contribution in [2.45, 2.75) is 56.7 Å². The van der Waals surface area contributed by atoms with Gasteiger partial charge in [-0.2, -0.15) is 0 Å².